The molecule has 0 amide bonds. The normalized spacial score (nSPS) is 14.1. The maximum atomic E-state index is 13.1. The lowest BCUT2D eigenvalue weighted by molar-refractivity contribution is -0.161. The highest BCUT2D eigenvalue weighted by Crippen LogP contribution is 2.45. The average molecular weight is 1520 g/mol. The average Bonchev–Trinajstić information content (AvgIpc) is 0.906. The second kappa shape index (κ2) is 76.4. The lowest BCUT2D eigenvalue weighted by atomic mass is 9.99. The molecule has 0 aromatic carbocycles. The highest BCUT2D eigenvalue weighted by molar-refractivity contribution is 7.47. The van der Waals surface area contributed by atoms with Crippen LogP contribution in [0.2, 0.25) is 0 Å². The van der Waals surface area contributed by atoms with E-state index in [1.165, 1.54) is 270 Å². The number of carbonyl (C=O) groups excluding carboxylic acids is 4. The lowest BCUT2D eigenvalue weighted by Crippen LogP contribution is -2.30. The fourth-order valence-electron chi connectivity index (χ4n) is 13.2. The summed E-state index contributed by atoms with van der Waals surface area (Å²) in [6.45, 7) is 9.75. The van der Waals surface area contributed by atoms with Crippen molar-refractivity contribution in [2.45, 2.75) is 471 Å². The predicted molar refractivity (Wildman–Crippen MR) is 428 cm³/mol. The molecule has 0 saturated carbocycles. The topological polar surface area (TPSA) is 237 Å². The Morgan fingerprint density at radius 3 is 0.731 bits per heavy atom. The third-order valence-electron chi connectivity index (χ3n) is 20.3. The molecule has 0 aromatic rings. The Morgan fingerprint density at radius 1 is 0.279 bits per heavy atom. The first-order valence-electron chi connectivity index (χ1n) is 44.0. The molecule has 0 fully saturated rings. The van der Waals surface area contributed by atoms with Gasteiger partial charge in [0.2, 0.25) is 0 Å². The molecule has 0 aliphatic rings. The molecule has 0 aromatic heterocycles. The van der Waals surface area contributed by atoms with Crippen LogP contribution in [0.3, 0.4) is 0 Å². The Hall–Kier alpha value is -1.94. The maximum absolute atomic E-state index is 13.1. The minimum absolute atomic E-state index is 0.108. The molecule has 0 rings (SSSR count). The van der Waals surface area contributed by atoms with Crippen LogP contribution in [-0.4, -0.2) is 96.7 Å². The van der Waals surface area contributed by atoms with Gasteiger partial charge in [0.15, 0.2) is 12.2 Å². The van der Waals surface area contributed by atoms with Crippen LogP contribution in [0.15, 0.2) is 0 Å². The van der Waals surface area contributed by atoms with Crippen molar-refractivity contribution in [1.29, 1.82) is 0 Å². The Labute approximate surface area is 638 Å². The first-order valence-corrected chi connectivity index (χ1v) is 47.0. The summed E-state index contributed by atoms with van der Waals surface area (Å²) in [4.78, 5) is 73.1. The third kappa shape index (κ3) is 76.8. The molecule has 0 radical (unpaired) electrons. The maximum Gasteiger partial charge on any atom is 0.472 e. The number of ether oxygens (including phenoxy) is 4. The molecule has 19 heteroatoms. The molecular formula is C85H166O17P2. The van der Waals surface area contributed by atoms with Crippen molar-refractivity contribution in [3.63, 3.8) is 0 Å². The number of esters is 4. The monoisotopic (exact) mass is 1520 g/mol. The Kier molecular flexibility index (Phi) is 75.0. The SMILES string of the molecule is CCCCCCCCCCCCCCCCC(=O)O[C@H](COC(=O)CCCCCCCCCCC)COP(=O)(O)OC[C@H](O)COP(=O)(O)OC[C@@H](COC(=O)CCCCCCCCCCCCCCCCCCC(C)C)OC(=O)CCCCCCCCCCCCCCCCCCCCC(C)CC. The van der Waals surface area contributed by atoms with Crippen LogP contribution in [0.5, 0.6) is 0 Å². The van der Waals surface area contributed by atoms with Crippen molar-refractivity contribution in [2.24, 2.45) is 11.8 Å². The van der Waals surface area contributed by atoms with Crippen molar-refractivity contribution < 1.29 is 80.2 Å². The highest BCUT2D eigenvalue weighted by atomic mass is 31.2. The number of hydrogen-bond acceptors (Lipinski definition) is 15. The first-order chi connectivity index (χ1) is 50.4. The van der Waals surface area contributed by atoms with Gasteiger partial charge in [-0.2, -0.15) is 0 Å². The second-order valence-corrected chi connectivity index (χ2v) is 34.2. The van der Waals surface area contributed by atoms with Crippen LogP contribution in [0.1, 0.15) is 452 Å². The second-order valence-electron chi connectivity index (χ2n) is 31.3. The fourth-order valence-corrected chi connectivity index (χ4v) is 14.8. The minimum Gasteiger partial charge on any atom is -0.462 e. The highest BCUT2D eigenvalue weighted by Gasteiger charge is 2.30. The zero-order valence-electron chi connectivity index (χ0n) is 68.3. The molecule has 0 bridgehead atoms. The smallest absolute Gasteiger partial charge is 0.462 e. The summed E-state index contributed by atoms with van der Waals surface area (Å²) in [5, 5.41) is 10.7. The van der Waals surface area contributed by atoms with Gasteiger partial charge in [-0.05, 0) is 37.5 Å². The minimum atomic E-state index is -4.96. The predicted octanol–water partition coefficient (Wildman–Crippen LogP) is 25.8. The number of phosphoric acid groups is 2. The molecule has 618 valence electrons. The number of carbonyl (C=O) groups is 4. The number of unbranched alkanes of at least 4 members (excludes halogenated alkanes) is 53. The number of aliphatic hydroxyl groups excluding tert-OH is 1. The van der Waals surface area contributed by atoms with Gasteiger partial charge in [-0.25, -0.2) is 9.13 Å². The molecular weight excluding hydrogens is 1350 g/mol. The molecule has 3 N–H and O–H groups in total. The quantitative estimate of drug-likeness (QED) is 0.0222. The summed E-state index contributed by atoms with van der Waals surface area (Å²) in [6, 6.07) is 0. The van der Waals surface area contributed by atoms with E-state index in [4.69, 9.17) is 37.0 Å². The van der Waals surface area contributed by atoms with E-state index in [1.807, 2.05) is 0 Å². The van der Waals surface area contributed by atoms with Crippen molar-refractivity contribution in [3.8, 4) is 0 Å². The van der Waals surface area contributed by atoms with Gasteiger partial charge in [0.1, 0.15) is 19.3 Å². The zero-order chi connectivity index (χ0) is 76.4. The van der Waals surface area contributed by atoms with E-state index in [0.29, 0.717) is 25.7 Å². The summed E-state index contributed by atoms with van der Waals surface area (Å²) >= 11 is 0. The van der Waals surface area contributed by atoms with E-state index < -0.39 is 97.5 Å². The summed E-state index contributed by atoms with van der Waals surface area (Å²) in [5.41, 5.74) is 0. The van der Waals surface area contributed by atoms with Gasteiger partial charge < -0.3 is 33.8 Å². The molecule has 104 heavy (non-hydrogen) atoms. The largest absolute Gasteiger partial charge is 0.472 e. The molecule has 3 unspecified atom stereocenters. The molecule has 0 aliphatic heterocycles. The summed E-state index contributed by atoms with van der Waals surface area (Å²) in [6.07, 6.45) is 68.0. The van der Waals surface area contributed by atoms with Crippen LogP contribution in [-0.2, 0) is 65.4 Å². The van der Waals surface area contributed by atoms with Crippen LogP contribution in [0.25, 0.3) is 0 Å². The number of hydrogen-bond donors (Lipinski definition) is 3. The van der Waals surface area contributed by atoms with Gasteiger partial charge in [0.25, 0.3) is 0 Å². The molecule has 17 nitrogen and oxygen atoms in total. The Morgan fingerprint density at radius 2 is 0.490 bits per heavy atom. The van der Waals surface area contributed by atoms with E-state index in [2.05, 4.69) is 41.5 Å². The summed E-state index contributed by atoms with van der Waals surface area (Å²) in [5.74, 6) is -0.420. The van der Waals surface area contributed by atoms with Crippen molar-refractivity contribution in [3.05, 3.63) is 0 Å². The van der Waals surface area contributed by atoms with Gasteiger partial charge in [-0.1, -0.05) is 401 Å². The van der Waals surface area contributed by atoms with Gasteiger partial charge in [0.05, 0.1) is 26.4 Å². The molecule has 0 saturated heterocycles. The molecule has 6 atom stereocenters. The van der Waals surface area contributed by atoms with Crippen molar-refractivity contribution >= 4 is 39.5 Å². The van der Waals surface area contributed by atoms with E-state index in [9.17, 15) is 43.2 Å². The molecule has 0 aliphatic carbocycles. The van der Waals surface area contributed by atoms with E-state index in [-0.39, 0.29) is 25.7 Å². The van der Waals surface area contributed by atoms with E-state index in [0.717, 1.165) is 102 Å². The first kappa shape index (κ1) is 102. The lowest BCUT2D eigenvalue weighted by Gasteiger charge is -2.21. The standard InChI is InChI=1S/C85H166O17P2/c1-7-10-12-14-16-18-19-20-33-39-45-51-57-63-69-84(89)101-80(73-95-82(87)67-61-55-49-41-17-15-13-11-8-2)75-99-103(91,92)97-71-79(86)72-98-104(93,94)100-76-81(74-96-83(88)68-62-56-50-44-38-34-29-26-25-27-31-36-42-47-53-59-65-77(4)5)102-85(90)70-64-58-52-46-40-35-30-24-22-21-23-28-32-37-43-48-54-60-66-78(6)9-3/h77-81,86H,7-76H2,1-6H3,(H,91,92)(H,93,94)/t78?,79-,80+,81+/m0/s1. The number of phosphoric ester groups is 2. The Balaban J connectivity index is 5.20. The van der Waals surface area contributed by atoms with Gasteiger partial charge >= 0.3 is 39.5 Å². The van der Waals surface area contributed by atoms with Crippen LogP contribution < -0.4 is 0 Å². The zero-order valence-corrected chi connectivity index (χ0v) is 70.1. The van der Waals surface area contributed by atoms with Gasteiger partial charge in [0, 0.05) is 25.7 Å². The number of aliphatic hydroxyl groups is 1. The van der Waals surface area contributed by atoms with Crippen LogP contribution in [0.4, 0.5) is 0 Å². The Bertz CT molecular complexity index is 2000. The van der Waals surface area contributed by atoms with Gasteiger partial charge in [-0.3, -0.25) is 37.3 Å². The van der Waals surface area contributed by atoms with Crippen LogP contribution >= 0.6 is 15.6 Å². The van der Waals surface area contributed by atoms with Gasteiger partial charge in [-0.15, -0.1) is 0 Å². The molecule has 0 spiro atoms. The van der Waals surface area contributed by atoms with E-state index >= 15 is 0 Å². The third-order valence-corrected chi connectivity index (χ3v) is 22.2. The summed E-state index contributed by atoms with van der Waals surface area (Å²) < 4.78 is 68.8. The van der Waals surface area contributed by atoms with Crippen LogP contribution in [0, 0.1) is 11.8 Å². The molecule has 0 heterocycles. The fraction of sp³-hybridized carbons (Fsp3) is 0.953. The van der Waals surface area contributed by atoms with Crippen molar-refractivity contribution in [1.82, 2.24) is 0 Å². The summed E-state index contributed by atoms with van der Waals surface area (Å²) in [7, 11) is -9.92. The van der Waals surface area contributed by atoms with Crippen molar-refractivity contribution in [2.75, 3.05) is 39.6 Å². The number of rotatable bonds is 84. The van der Waals surface area contributed by atoms with E-state index in [1.54, 1.807) is 0 Å².